The Morgan fingerprint density at radius 3 is 2.74 bits per heavy atom. The second kappa shape index (κ2) is 5.22. The minimum atomic E-state index is -1.03. The number of carboxylic acid groups (broad SMARTS) is 1. The van der Waals surface area contributed by atoms with Crippen LogP contribution in [0.25, 0.3) is 5.69 Å². The number of carboxylic acids is 1. The van der Waals surface area contributed by atoms with Crippen molar-refractivity contribution in [1.82, 2.24) is 15.0 Å². The van der Waals surface area contributed by atoms with Crippen molar-refractivity contribution in [3.8, 4) is 5.69 Å². The molecular weight excluding hydrogens is 242 g/mol. The molecule has 0 radical (unpaired) electrons. The maximum Gasteiger partial charge on any atom is 0.358 e. The van der Waals surface area contributed by atoms with Crippen molar-refractivity contribution >= 4 is 5.97 Å². The number of hydrogen-bond donors (Lipinski definition) is 1. The normalized spacial score (nSPS) is 10.9. The third-order valence-electron chi connectivity index (χ3n) is 2.81. The highest BCUT2D eigenvalue weighted by molar-refractivity contribution is 5.86. The van der Waals surface area contributed by atoms with Crippen LogP contribution in [0.2, 0.25) is 0 Å². The van der Waals surface area contributed by atoms with Gasteiger partial charge in [-0.25, -0.2) is 9.48 Å². The summed E-state index contributed by atoms with van der Waals surface area (Å²) < 4.78 is 1.62. The summed E-state index contributed by atoms with van der Waals surface area (Å²) in [5.74, 6) is -0.699. The van der Waals surface area contributed by atoms with Crippen LogP contribution in [0, 0.1) is 12.8 Å². The molecular formula is C14H17N3O2. The third-order valence-corrected chi connectivity index (χ3v) is 2.81. The van der Waals surface area contributed by atoms with Crippen LogP contribution in [0.15, 0.2) is 24.3 Å². The van der Waals surface area contributed by atoms with Crippen LogP contribution in [0.5, 0.6) is 0 Å². The molecule has 1 N–H and O–H groups in total. The molecule has 1 aromatic carbocycles. The average Bonchev–Trinajstić information content (AvgIpc) is 2.71. The predicted octanol–water partition coefficient (Wildman–Crippen LogP) is 2.47. The van der Waals surface area contributed by atoms with Crippen LogP contribution in [0.3, 0.4) is 0 Å². The molecule has 19 heavy (non-hydrogen) atoms. The Morgan fingerprint density at radius 2 is 2.16 bits per heavy atom. The van der Waals surface area contributed by atoms with Crippen LogP contribution < -0.4 is 0 Å². The second-order valence-electron chi connectivity index (χ2n) is 5.04. The predicted molar refractivity (Wildman–Crippen MR) is 71.6 cm³/mol. The summed E-state index contributed by atoms with van der Waals surface area (Å²) in [5.41, 5.74) is 2.62. The van der Waals surface area contributed by atoms with Gasteiger partial charge in [-0.05, 0) is 37.0 Å². The molecule has 0 aliphatic rings. The first-order valence-corrected chi connectivity index (χ1v) is 6.24. The average molecular weight is 259 g/mol. The van der Waals surface area contributed by atoms with Gasteiger partial charge in [0.15, 0.2) is 5.69 Å². The standard InChI is InChI=1S/C14H17N3O2/c1-9(2)7-12-13(14(18)19)15-16-17(12)11-6-4-5-10(3)8-11/h4-6,8-9H,7H2,1-3H3,(H,18,19). The highest BCUT2D eigenvalue weighted by Crippen LogP contribution is 2.17. The zero-order chi connectivity index (χ0) is 14.0. The smallest absolute Gasteiger partial charge is 0.358 e. The lowest BCUT2D eigenvalue weighted by molar-refractivity contribution is 0.0689. The summed E-state index contributed by atoms with van der Waals surface area (Å²) in [7, 11) is 0. The number of rotatable bonds is 4. The Bertz CT molecular complexity index is 602. The van der Waals surface area contributed by atoms with Crippen LogP contribution in [0.1, 0.15) is 35.6 Å². The molecule has 1 aromatic heterocycles. The minimum absolute atomic E-state index is 0.0372. The van der Waals surface area contributed by atoms with E-state index in [2.05, 4.69) is 10.3 Å². The maximum atomic E-state index is 11.2. The molecule has 100 valence electrons. The SMILES string of the molecule is Cc1cccc(-n2nnc(C(=O)O)c2CC(C)C)c1. The second-order valence-corrected chi connectivity index (χ2v) is 5.04. The first-order valence-electron chi connectivity index (χ1n) is 6.24. The van der Waals surface area contributed by atoms with E-state index in [1.807, 2.05) is 45.0 Å². The van der Waals surface area contributed by atoms with E-state index in [9.17, 15) is 9.90 Å². The molecule has 0 amide bonds. The van der Waals surface area contributed by atoms with Gasteiger partial charge in [0.05, 0.1) is 11.4 Å². The summed E-state index contributed by atoms with van der Waals surface area (Å²) in [6, 6.07) is 7.77. The van der Waals surface area contributed by atoms with E-state index in [0.29, 0.717) is 18.0 Å². The van der Waals surface area contributed by atoms with Gasteiger partial charge in [0.1, 0.15) is 0 Å². The van der Waals surface area contributed by atoms with Crippen molar-refractivity contribution in [3.63, 3.8) is 0 Å². The Labute approximate surface area is 111 Å². The summed E-state index contributed by atoms with van der Waals surface area (Å²) in [4.78, 5) is 11.2. The van der Waals surface area contributed by atoms with Gasteiger partial charge in [-0.15, -0.1) is 5.10 Å². The van der Waals surface area contributed by atoms with Gasteiger partial charge in [-0.2, -0.15) is 0 Å². The van der Waals surface area contributed by atoms with E-state index < -0.39 is 5.97 Å². The Balaban J connectivity index is 2.54. The molecule has 1 heterocycles. The first kappa shape index (κ1) is 13.3. The third kappa shape index (κ3) is 2.81. The van der Waals surface area contributed by atoms with Crippen LogP contribution in [0.4, 0.5) is 0 Å². The molecule has 0 bridgehead atoms. The van der Waals surface area contributed by atoms with Crippen molar-refractivity contribution in [1.29, 1.82) is 0 Å². The fraction of sp³-hybridized carbons (Fsp3) is 0.357. The van der Waals surface area contributed by atoms with Crippen LogP contribution in [-0.4, -0.2) is 26.1 Å². The highest BCUT2D eigenvalue weighted by Gasteiger charge is 2.20. The molecule has 0 aliphatic heterocycles. The number of hydrogen-bond acceptors (Lipinski definition) is 3. The number of aryl methyl sites for hydroxylation is 1. The number of nitrogens with zero attached hydrogens (tertiary/aromatic N) is 3. The number of aromatic nitrogens is 3. The zero-order valence-corrected chi connectivity index (χ0v) is 11.3. The first-order chi connectivity index (χ1) is 8.99. The Kier molecular flexibility index (Phi) is 3.64. The van der Waals surface area contributed by atoms with Gasteiger partial charge in [0.25, 0.3) is 0 Å². The molecule has 2 rings (SSSR count). The van der Waals surface area contributed by atoms with Gasteiger partial charge in [-0.3, -0.25) is 0 Å². The van der Waals surface area contributed by atoms with Gasteiger partial charge in [-0.1, -0.05) is 31.2 Å². The van der Waals surface area contributed by atoms with Gasteiger partial charge in [0.2, 0.25) is 0 Å². The van der Waals surface area contributed by atoms with Gasteiger partial charge < -0.3 is 5.11 Å². The van der Waals surface area contributed by atoms with E-state index in [1.54, 1.807) is 4.68 Å². The molecule has 0 fully saturated rings. The Morgan fingerprint density at radius 1 is 1.42 bits per heavy atom. The number of carbonyl (C=O) groups is 1. The van der Waals surface area contributed by atoms with Crippen molar-refractivity contribution in [2.45, 2.75) is 27.2 Å². The minimum Gasteiger partial charge on any atom is -0.476 e. The highest BCUT2D eigenvalue weighted by atomic mass is 16.4. The van der Waals surface area contributed by atoms with Crippen molar-refractivity contribution in [3.05, 3.63) is 41.2 Å². The molecule has 0 unspecified atom stereocenters. The van der Waals surface area contributed by atoms with E-state index in [0.717, 1.165) is 11.3 Å². The monoisotopic (exact) mass is 259 g/mol. The van der Waals surface area contributed by atoms with E-state index in [-0.39, 0.29) is 5.69 Å². The molecule has 0 atom stereocenters. The zero-order valence-electron chi connectivity index (χ0n) is 11.3. The van der Waals surface area contributed by atoms with Crippen molar-refractivity contribution < 1.29 is 9.90 Å². The molecule has 2 aromatic rings. The molecule has 5 heteroatoms. The largest absolute Gasteiger partial charge is 0.476 e. The number of benzene rings is 1. The van der Waals surface area contributed by atoms with E-state index >= 15 is 0 Å². The van der Waals surface area contributed by atoms with E-state index in [1.165, 1.54) is 0 Å². The fourth-order valence-corrected chi connectivity index (χ4v) is 2.00. The van der Waals surface area contributed by atoms with Crippen LogP contribution in [-0.2, 0) is 6.42 Å². The summed E-state index contributed by atoms with van der Waals surface area (Å²) in [5, 5.41) is 17.0. The lowest BCUT2D eigenvalue weighted by Gasteiger charge is -2.09. The van der Waals surface area contributed by atoms with Gasteiger partial charge in [0, 0.05) is 0 Å². The molecule has 0 aliphatic carbocycles. The topological polar surface area (TPSA) is 68.0 Å². The Hall–Kier alpha value is -2.17. The fourth-order valence-electron chi connectivity index (χ4n) is 2.00. The molecule has 0 saturated carbocycles. The molecule has 0 spiro atoms. The lowest BCUT2D eigenvalue weighted by Crippen LogP contribution is -2.09. The maximum absolute atomic E-state index is 11.2. The molecule has 5 nitrogen and oxygen atoms in total. The van der Waals surface area contributed by atoms with E-state index in [4.69, 9.17) is 0 Å². The summed E-state index contributed by atoms with van der Waals surface area (Å²) in [6.45, 7) is 6.07. The van der Waals surface area contributed by atoms with Crippen molar-refractivity contribution in [2.24, 2.45) is 5.92 Å². The van der Waals surface area contributed by atoms with Crippen LogP contribution >= 0.6 is 0 Å². The van der Waals surface area contributed by atoms with Crippen molar-refractivity contribution in [2.75, 3.05) is 0 Å². The summed E-state index contributed by atoms with van der Waals surface area (Å²) in [6.07, 6.45) is 0.628. The molecule has 0 saturated heterocycles. The lowest BCUT2D eigenvalue weighted by atomic mass is 10.1. The summed E-state index contributed by atoms with van der Waals surface area (Å²) >= 11 is 0. The number of aromatic carboxylic acids is 1. The van der Waals surface area contributed by atoms with Gasteiger partial charge >= 0.3 is 5.97 Å². The quantitative estimate of drug-likeness (QED) is 0.915.